The van der Waals surface area contributed by atoms with Crippen LogP contribution in [0.2, 0.25) is 0 Å². The topological polar surface area (TPSA) is 295 Å². The number of carbonyl (C=O) groups excluding carboxylic acids is 3. The second-order valence-electron chi connectivity index (χ2n) is 10.5. The lowest BCUT2D eigenvalue weighted by molar-refractivity contribution is -0.351. The van der Waals surface area contributed by atoms with Gasteiger partial charge in [-0.2, -0.15) is 0 Å². The number of nitrogens with one attached hydrogen (secondary N) is 3. The molecule has 0 aromatic heterocycles. The van der Waals surface area contributed by atoms with Gasteiger partial charge in [-0.15, -0.1) is 0 Å². The number of hydrogen-bond acceptors (Lipinski definition) is 16. The van der Waals surface area contributed by atoms with Crippen molar-refractivity contribution in [1.29, 1.82) is 0 Å². The van der Waals surface area contributed by atoms with Gasteiger partial charge in [0.25, 0.3) is 0 Å². The summed E-state index contributed by atoms with van der Waals surface area (Å²) < 4.78 is 28.3. The van der Waals surface area contributed by atoms with E-state index in [1.165, 1.54) is 0 Å². The fraction of sp³-hybridized carbons (Fsp3) is 0.875. The number of hydrogen-bond donors (Lipinski definition) is 11. The molecule has 3 rings (SSSR count). The summed E-state index contributed by atoms with van der Waals surface area (Å²) in [4.78, 5) is 35.5. The van der Waals surface area contributed by atoms with Crippen LogP contribution in [-0.2, 0) is 38.1 Å². The molecule has 6 unspecified atom stereocenters. The van der Waals surface area contributed by atoms with Crippen molar-refractivity contribution in [3.8, 4) is 0 Å². The first kappa shape index (κ1) is 35.4. The number of amides is 3. The summed E-state index contributed by atoms with van der Waals surface area (Å²) in [6.45, 7) is 0.995. The van der Waals surface area contributed by atoms with Gasteiger partial charge in [-0.05, 0) is 0 Å². The van der Waals surface area contributed by atoms with E-state index in [2.05, 4.69) is 16.0 Å². The first-order valence-corrected chi connectivity index (χ1v) is 13.5. The predicted octanol–water partition coefficient (Wildman–Crippen LogP) is -7.14. The Labute approximate surface area is 245 Å². The van der Waals surface area contributed by atoms with Crippen molar-refractivity contribution >= 4 is 17.7 Å². The molecule has 0 spiro atoms. The van der Waals surface area contributed by atoms with Gasteiger partial charge in [0.15, 0.2) is 18.9 Å². The van der Waals surface area contributed by atoms with Crippen molar-refractivity contribution in [3.05, 3.63) is 0 Å². The van der Waals surface area contributed by atoms with Gasteiger partial charge < -0.3 is 80.5 Å². The van der Waals surface area contributed by atoms with Crippen LogP contribution in [0.3, 0.4) is 0 Å². The Morgan fingerprint density at radius 1 is 0.558 bits per heavy atom. The zero-order chi connectivity index (χ0) is 32.2. The first-order chi connectivity index (χ1) is 20.2. The molecule has 0 aromatic carbocycles. The molecule has 0 radical (unpaired) electrons. The van der Waals surface area contributed by atoms with Crippen molar-refractivity contribution in [2.45, 2.75) is 113 Å². The Hall–Kier alpha value is -2.11. The van der Waals surface area contributed by atoms with Crippen molar-refractivity contribution in [2.75, 3.05) is 19.8 Å². The number of aliphatic hydroxyl groups excluding tert-OH is 8. The summed E-state index contributed by atoms with van der Waals surface area (Å²) in [6, 6.07) is -4.31. The lowest BCUT2D eigenvalue weighted by Crippen LogP contribution is -2.71. The van der Waals surface area contributed by atoms with Gasteiger partial charge in [0.1, 0.15) is 73.1 Å². The average Bonchev–Trinajstić information content (AvgIpc) is 2.94. The molecule has 0 aromatic rings. The van der Waals surface area contributed by atoms with Gasteiger partial charge in [0.2, 0.25) is 17.7 Å². The first-order valence-electron chi connectivity index (χ1n) is 13.5. The van der Waals surface area contributed by atoms with E-state index in [1.54, 1.807) is 0 Å². The number of aliphatic hydroxyl groups is 8. The second kappa shape index (κ2) is 15.3. The Morgan fingerprint density at radius 3 is 1.37 bits per heavy atom. The Morgan fingerprint density at radius 2 is 0.930 bits per heavy atom. The van der Waals surface area contributed by atoms with E-state index in [9.17, 15) is 55.2 Å². The van der Waals surface area contributed by atoms with Gasteiger partial charge in [-0.1, -0.05) is 0 Å². The second-order valence-corrected chi connectivity index (χ2v) is 10.5. The van der Waals surface area contributed by atoms with Gasteiger partial charge in [0, 0.05) is 20.8 Å². The van der Waals surface area contributed by atoms with E-state index < -0.39 is 129 Å². The lowest BCUT2D eigenvalue weighted by atomic mass is 9.93. The quantitative estimate of drug-likeness (QED) is 0.107. The van der Waals surface area contributed by atoms with Crippen LogP contribution in [0, 0.1) is 0 Å². The summed E-state index contributed by atoms with van der Waals surface area (Å²) >= 11 is 0. The normalized spacial score (nSPS) is 43.5. The molecule has 248 valence electrons. The molecule has 3 heterocycles. The van der Waals surface area contributed by atoms with Crippen LogP contribution in [0.15, 0.2) is 0 Å². The largest absolute Gasteiger partial charge is 0.394 e. The van der Waals surface area contributed by atoms with Crippen molar-refractivity contribution in [3.63, 3.8) is 0 Å². The van der Waals surface area contributed by atoms with Gasteiger partial charge in [0.05, 0.1) is 19.8 Å². The molecule has 3 amide bonds. The molecule has 3 aliphatic rings. The average molecular weight is 628 g/mol. The summed E-state index contributed by atoms with van der Waals surface area (Å²) in [7, 11) is 0. The standard InChI is InChI=1S/C24H41N3O16/c1-7(31)25-13-18(36)20(11(5-29)39-22(13)38)42-24-15(27-9(3)33)19(37)21(12(6-30)41-24)43-23-14(26-8(2)32)17(35)16(34)10(4-28)40-23/h10-24,28-30,34-38H,4-6H2,1-3H3,(H,25,31)(H,26,32)(H,27,33)/t10?,11?,12?,13?,14?,15?,16-,17+,18+,19+,20-,21+,22-,23+,24+/m1/s1. The summed E-state index contributed by atoms with van der Waals surface area (Å²) in [5, 5.41) is 90.0. The molecule has 0 saturated carbocycles. The third-order valence-electron chi connectivity index (χ3n) is 7.30. The van der Waals surface area contributed by atoms with Crippen LogP contribution < -0.4 is 16.0 Å². The predicted molar refractivity (Wildman–Crippen MR) is 136 cm³/mol. The zero-order valence-electron chi connectivity index (χ0n) is 23.6. The molecule has 43 heavy (non-hydrogen) atoms. The Kier molecular flexibility index (Phi) is 12.5. The van der Waals surface area contributed by atoms with Crippen LogP contribution in [-0.4, -0.2) is 170 Å². The van der Waals surface area contributed by atoms with Crippen molar-refractivity contribution in [1.82, 2.24) is 16.0 Å². The molecule has 11 N–H and O–H groups in total. The van der Waals surface area contributed by atoms with Crippen molar-refractivity contribution in [2.24, 2.45) is 0 Å². The fourth-order valence-electron chi connectivity index (χ4n) is 5.28. The third kappa shape index (κ3) is 8.14. The summed E-state index contributed by atoms with van der Waals surface area (Å²) in [6.07, 6.45) is -19.0. The highest BCUT2D eigenvalue weighted by molar-refractivity contribution is 5.74. The zero-order valence-corrected chi connectivity index (χ0v) is 23.6. The van der Waals surface area contributed by atoms with Crippen LogP contribution in [0.1, 0.15) is 20.8 Å². The van der Waals surface area contributed by atoms with E-state index in [1.807, 2.05) is 0 Å². The van der Waals surface area contributed by atoms with Gasteiger partial charge >= 0.3 is 0 Å². The molecule has 19 nitrogen and oxygen atoms in total. The lowest BCUT2D eigenvalue weighted by Gasteiger charge is -2.49. The molecule has 3 saturated heterocycles. The van der Waals surface area contributed by atoms with Crippen LogP contribution in [0.5, 0.6) is 0 Å². The van der Waals surface area contributed by atoms with E-state index in [0.717, 1.165) is 20.8 Å². The monoisotopic (exact) mass is 627 g/mol. The van der Waals surface area contributed by atoms with E-state index in [0.29, 0.717) is 0 Å². The van der Waals surface area contributed by atoms with Crippen molar-refractivity contribution < 1.29 is 78.9 Å². The molecular weight excluding hydrogens is 586 g/mol. The minimum Gasteiger partial charge on any atom is -0.394 e. The maximum Gasteiger partial charge on any atom is 0.217 e. The SMILES string of the molecule is CC(=O)NC1[C@H](O[C@H]2C(CO)O[C@@H](O[C@@H]3C(CO)O[C@@H](O)C(NC(C)=O)[C@@H]3O)C(NC(C)=O)[C@@H]2O)OC(CO)[C@@H](O)[C@H]1O. The summed E-state index contributed by atoms with van der Waals surface area (Å²) in [5.74, 6) is -1.96. The highest BCUT2D eigenvalue weighted by Crippen LogP contribution is 2.32. The highest BCUT2D eigenvalue weighted by Gasteiger charge is 2.54. The van der Waals surface area contributed by atoms with Gasteiger partial charge in [-0.25, -0.2) is 0 Å². The molecule has 19 heteroatoms. The molecule has 0 bridgehead atoms. The third-order valence-corrected chi connectivity index (χ3v) is 7.30. The van der Waals surface area contributed by atoms with Crippen LogP contribution in [0.4, 0.5) is 0 Å². The number of ether oxygens (including phenoxy) is 5. The highest BCUT2D eigenvalue weighted by atomic mass is 16.7. The number of rotatable bonds is 10. The summed E-state index contributed by atoms with van der Waals surface area (Å²) in [5.41, 5.74) is 0. The molecule has 3 aliphatic heterocycles. The molecular formula is C24H41N3O16. The molecule has 15 atom stereocenters. The molecule has 0 aliphatic carbocycles. The Balaban J connectivity index is 1.89. The maximum atomic E-state index is 12.1. The molecule has 3 fully saturated rings. The maximum absolute atomic E-state index is 12.1. The van der Waals surface area contributed by atoms with E-state index in [4.69, 9.17) is 23.7 Å². The van der Waals surface area contributed by atoms with E-state index in [-0.39, 0.29) is 0 Å². The smallest absolute Gasteiger partial charge is 0.217 e. The minimum absolute atomic E-state index is 0.628. The fourth-order valence-corrected chi connectivity index (χ4v) is 5.28. The van der Waals surface area contributed by atoms with Crippen LogP contribution in [0.25, 0.3) is 0 Å². The van der Waals surface area contributed by atoms with Crippen LogP contribution >= 0.6 is 0 Å². The van der Waals surface area contributed by atoms with Gasteiger partial charge in [-0.3, -0.25) is 14.4 Å². The van der Waals surface area contributed by atoms with E-state index >= 15 is 0 Å². The Bertz CT molecular complexity index is 962. The minimum atomic E-state index is -1.77. The number of carbonyl (C=O) groups is 3.